The second-order valence-electron chi connectivity index (χ2n) is 12.2. The summed E-state index contributed by atoms with van der Waals surface area (Å²) in [6.07, 6.45) is 8.53. The summed E-state index contributed by atoms with van der Waals surface area (Å²) in [4.78, 5) is 30.1. The molecule has 0 bridgehead atoms. The quantitative estimate of drug-likeness (QED) is 0.449. The third-order valence-electron chi connectivity index (χ3n) is 7.90. The third kappa shape index (κ3) is 6.76. The number of hydrogen-bond donors (Lipinski definition) is 2. The van der Waals surface area contributed by atoms with Crippen molar-refractivity contribution in [2.45, 2.75) is 102 Å². The molecule has 2 aliphatic carbocycles. The van der Waals surface area contributed by atoms with E-state index in [1.165, 1.54) is 0 Å². The second kappa shape index (κ2) is 10.2. The maximum absolute atomic E-state index is 12.8. The Kier molecular flexibility index (Phi) is 8.02. The summed E-state index contributed by atoms with van der Waals surface area (Å²) in [5.74, 6) is 1.35. The van der Waals surface area contributed by atoms with Crippen molar-refractivity contribution in [1.82, 2.24) is 4.98 Å². The molecule has 0 aromatic carbocycles. The molecule has 1 heterocycles. The van der Waals surface area contributed by atoms with Crippen LogP contribution >= 0.6 is 0 Å². The van der Waals surface area contributed by atoms with Gasteiger partial charge in [0, 0.05) is 28.0 Å². The summed E-state index contributed by atoms with van der Waals surface area (Å²) in [5, 5.41) is 5.99. The molecule has 0 radical (unpaired) electrons. The first-order valence-electron chi connectivity index (χ1n) is 12.5. The van der Waals surface area contributed by atoms with E-state index < -0.39 is 16.1 Å². The van der Waals surface area contributed by atoms with Gasteiger partial charge >= 0.3 is 0 Å². The average molecular weight is 474 g/mol. The third-order valence-corrected chi connectivity index (χ3v) is 14.0. The number of anilines is 2. The molecular formula is C25H43N3O2Si2. The largest absolute Gasteiger partial charge is 0.310 e. The van der Waals surface area contributed by atoms with Gasteiger partial charge in [-0.25, -0.2) is 4.98 Å². The van der Waals surface area contributed by atoms with Crippen LogP contribution in [0.2, 0.25) is 50.4 Å². The monoisotopic (exact) mass is 473 g/mol. The maximum atomic E-state index is 12.8. The van der Waals surface area contributed by atoms with Gasteiger partial charge in [0.2, 0.25) is 11.8 Å². The zero-order chi connectivity index (χ0) is 23.5. The van der Waals surface area contributed by atoms with E-state index in [1.54, 1.807) is 12.1 Å². The van der Waals surface area contributed by atoms with Crippen molar-refractivity contribution in [1.29, 1.82) is 0 Å². The van der Waals surface area contributed by atoms with E-state index in [1.807, 2.05) is 6.07 Å². The molecule has 32 heavy (non-hydrogen) atoms. The van der Waals surface area contributed by atoms with Gasteiger partial charge in [-0.05, 0) is 48.9 Å². The van der Waals surface area contributed by atoms with Crippen LogP contribution in [0, 0.1) is 11.8 Å². The average Bonchev–Trinajstić information content (AvgIpc) is 2.73. The van der Waals surface area contributed by atoms with Crippen LogP contribution in [0.3, 0.4) is 0 Å². The number of pyridine rings is 1. The van der Waals surface area contributed by atoms with Crippen molar-refractivity contribution in [3.05, 3.63) is 18.2 Å². The van der Waals surface area contributed by atoms with E-state index in [0.29, 0.717) is 11.6 Å². The van der Waals surface area contributed by atoms with Gasteiger partial charge in [-0.2, -0.15) is 0 Å². The van der Waals surface area contributed by atoms with E-state index in [9.17, 15) is 9.59 Å². The number of carbonyl (C=O) groups is 2. The Morgan fingerprint density at radius 3 is 1.34 bits per heavy atom. The SMILES string of the molecule is C[Si](C)(C)C1CCC(C(=O)Nc2cccc(NC(=O)C3CCC([Si](C)(C)C)CC3)n2)CC1. The van der Waals surface area contributed by atoms with Crippen LogP contribution in [0.5, 0.6) is 0 Å². The normalized spacial score (nSPS) is 26.9. The molecule has 0 atom stereocenters. The van der Waals surface area contributed by atoms with Crippen LogP contribution in [-0.2, 0) is 9.59 Å². The fourth-order valence-electron chi connectivity index (χ4n) is 5.47. The molecule has 2 aliphatic rings. The molecule has 178 valence electrons. The lowest BCUT2D eigenvalue weighted by molar-refractivity contribution is -0.121. The fourth-order valence-corrected chi connectivity index (χ4v) is 9.60. The highest BCUT2D eigenvalue weighted by Gasteiger charge is 2.34. The molecule has 2 saturated carbocycles. The molecule has 7 heteroatoms. The minimum absolute atomic E-state index is 0.0691. The van der Waals surface area contributed by atoms with Crippen LogP contribution < -0.4 is 10.6 Å². The highest BCUT2D eigenvalue weighted by atomic mass is 28.3. The van der Waals surface area contributed by atoms with Gasteiger partial charge in [-0.1, -0.05) is 71.0 Å². The second-order valence-corrected chi connectivity index (χ2v) is 23.3. The molecule has 0 saturated heterocycles. The number of hydrogen-bond acceptors (Lipinski definition) is 3. The number of nitrogens with zero attached hydrogens (tertiary/aromatic N) is 1. The summed E-state index contributed by atoms with van der Waals surface area (Å²) in [6.45, 7) is 14.6. The van der Waals surface area contributed by atoms with Crippen molar-refractivity contribution < 1.29 is 9.59 Å². The molecule has 2 amide bonds. The highest BCUT2D eigenvalue weighted by Crippen LogP contribution is 2.40. The first-order valence-corrected chi connectivity index (χ1v) is 19.7. The van der Waals surface area contributed by atoms with E-state index in [4.69, 9.17) is 0 Å². The Bertz CT molecular complexity index is 737. The maximum Gasteiger partial charge on any atom is 0.228 e. The summed E-state index contributed by atoms with van der Waals surface area (Å²) < 4.78 is 0. The fraction of sp³-hybridized carbons (Fsp3) is 0.720. The molecule has 0 aliphatic heterocycles. The van der Waals surface area contributed by atoms with Gasteiger partial charge < -0.3 is 10.6 Å². The van der Waals surface area contributed by atoms with Gasteiger partial charge in [0.05, 0.1) is 0 Å². The number of aromatic nitrogens is 1. The zero-order valence-corrected chi connectivity index (χ0v) is 23.0. The molecule has 5 nitrogen and oxygen atoms in total. The Balaban J connectivity index is 1.50. The first-order chi connectivity index (χ1) is 14.9. The predicted octanol–water partition coefficient (Wildman–Crippen LogP) is 6.76. The summed E-state index contributed by atoms with van der Waals surface area (Å²) >= 11 is 0. The van der Waals surface area contributed by atoms with E-state index >= 15 is 0 Å². The van der Waals surface area contributed by atoms with Crippen LogP contribution in [-0.4, -0.2) is 32.9 Å². The van der Waals surface area contributed by atoms with Crippen LogP contribution in [0.15, 0.2) is 18.2 Å². The molecule has 1 aromatic rings. The summed E-state index contributed by atoms with van der Waals surface area (Å²) in [7, 11) is -2.26. The minimum atomic E-state index is -1.13. The van der Waals surface area contributed by atoms with Crippen molar-refractivity contribution in [2.75, 3.05) is 10.6 Å². The van der Waals surface area contributed by atoms with Crippen LogP contribution in [0.4, 0.5) is 11.6 Å². The zero-order valence-electron chi connectivity index (χ0n) is 21.0. The number of carbonyl (C=O) groups excluding carboxylic acids is 2. The molecule has 0 unspecified atom stereocenters. The lowest BCUT2D eigenvalue weighted by Gasteiger charge is -2.35. The Labute approximate surface area is 196 Å². The van der Waals surface area contributed by atoms with E-state index in [-0.39, 0.29) is 23.7 Å². The van der Waals surface area contributed by atoms with Gasteiger partial charge in [-0.3, -0.25) is 9.59 Å². The van der Waals surface area contributed by atoms with Crippen molar-refractivity contribution >= 4 is 39.6 Å². The van der Waals surface area contributed by atoms with Gasteiger partial charge in [-0.15, -0.1) is 0 Å². The van der Waals surface area contributed by atoms with Crippen molar-refractivity contribution in [3.8, 4) is 0 Å². The van der Waals surface area contributed by atoms with Gasteiger partial charge in [0.25, 0.3) is 0 Å². The van der Waals surface area contributed by atoms with Crippen LogP contribution in [0.25, 0.3) is 0 Å². The Morgan fingerprint density at radius 2 is 1.03 bits per heavy atom. The van der Waals surface area contributed by atoms with E-state index in [2.05, 4.69) is 54.9 Å². The first kappa shape index (κ1) is 25.2. The predicted molar refractivity (Wildman–Crippen MR) is 140 cm³/mol. The topological polar surface area (TPSA) is 71.1 Å². The summed E-state index contributed by atoms with van der Waals surface area (Å²) in [6, 6.07) is 5.46. The molecule has 2 fully saturated rings. The van der Waals surface area contributed by atoms with Crippen LogP contribution in [0.1, 0.15) is 51.4 Å². The van der Waals surface area contributed by atoms with Crippen molar-refractivity contribution in [3.63, 3.8) is 0 Å². The minimum Gasteiger partial charge on any atom is -0.310 e. The smallest absolute Gasteiger partial charge is 0.228 e. The van der Waals surface area contributed by atoms with E-state index in [0.717, 1.165) is 62.4 Å². The Morgan fingerprint density at radius 1 is 0.688 bits per heavy atom. The van der Waals surface area contributed by atoms with Crippen molar-refractivity contribution in [2.24, 2.45) is 11.8 Å². The summed E-state index contributed by atoms with van der Waals surface area (Å²) in [5.41, 5.74) is 1.65. The number of nitrogens with one attached hydrogen (secondary N) is 2. The standard InChI is InChI=1S/C25H43N3O2Si2/c1-31(2,3)20-14-10-18(11-15-20)24(29)27-22-8-7-9-23(26-22)28-25(30)19-12-16-21(17-13-19)32(4,5)6/h7-9,18-21H,10-17H2,1-6H3,(H2,26,27,28,29,30). The highest BCUT2D eigenvalue weighted by molar-refractivity contribution is 6.77. The number of rotatable bonds is 6. The number of amides is 2. The molecule has 3 rings (SSSR count). The molecule has 2 N–H and O–H groups in total. The van der Waals surface area contributed by atoms with Gasteiger partial charge in [0.15, 0.2) is 0 Å². The lowest BCUT2D eigenvalue weighted by atomic mass is 9.88. The molecule has 0 spiro atoms. The Hall–Kier alpha value is -1.48. The van der Waals surface area contributed by atoms with Gasteiger partial charge in [0.1, 0.15) is 11.6 Å². The molecule has 1 aromatic heterocycles. The molecular weight excluding hydrogens is 430 g/mol. The lowest BCUT2D eigenvalue weighted by Crippen LogP contribution is -2.34.